The molecule has 0 spiro atoms. The van der Waals surface area contributed by atoms with Gasteiger partial charge in [0.15, 0.2) is 10.5 Å². The highest BCUT2D eigenvalue weighted by molar-refractivity contribution is 7.80. The van der Waals surface area contributed by atoms with E-state index in [1.165, 1.54) is 43.5 Å². The van der Waals surface area contributed by atoms with Crippen molar-refractivity contribution in [3.05, 3.63) is 103 Å². The van der Waals surface area contributed by atoms with E-state index in [0.717, 1.165) is 17.4 Å². The Balaban J connectivity index is 0.955. The van der Waals surface area contributed by atoms with E-state index in [-0.39, 0.29) is 58.6 Å². The number of benzene rings is 3. The second-order valence-electron chi connectivity index (χ2n) is 14.6. The second kappa shape index (κ2) is 21.3. The zero-order chi connectivity index (χ0) is 48.0. The summed E-state index contributed by atoms with van der Waals surface area (Å²) < 4.78 is 71.3. The zero-order valence-corrected chi connectivity index (χ0v) is 38.0. The molecule has 2 aliphatic heterocycles. The zero-order valence-electron chi connectivity index (χ0n) is 34.5. The topological polar surface area (TPSA) is 354 Å². The first-order chi connectivity index (χ1) is 31.1. The molecule has 1 fully saturated rings. The number of fused-ring (bicyclic) bond motifs is 2. The van der Waals surface area contributed by atoms with Crippen LogP contribution in [0.15, 0.2) is 79.6 Å². The van der Waals surface area contributed by atoms with Crippen LogP contribution in [0, 0.1) is 6.92 Å². The van der Waals surface area contributed by atoms with Crippen LogP contribution in [0.1, 0.15) is 54.3 Å². The van der Waals surface area contributed by atoms with Crippen molar-refractivity contribution in [2.45, 2.75) is 57.5 Å². The number of ether oxygens (including phenoxy) is 3. The van der Waals surface area contributed by atoms with Gasteiger partial charge in [-0.05, 0) is 73.9 Å². The molecule has 66 heavy (non-hydrogen) atoms. The minimum Gasteiger partial charge on any atom is -0.508 e. The van der Waals surface area contributed by atoms with E-state index >= 15 is 0 Å². The highest BCUT2D eigenvalue weighted by Gasteiger charge is 2.43. The molecular weight excluding hydrogens is 957 g/mol. The molecule has 9 N–H and O–H groups in total. The lowest BCUT2D eigenvalue weighted by atomic mass is 9.90. The van der Waals surface area contributed by atoms with Crippen LogP contribution in [0.3, 0.4) is 0 Å². The molecule has 3 heterocycles. The number of carbonyl (C=O) groups is 1. The van der Waals surface area contributed by atoms with Crippen LogP contribution in [0.25, 0.3) is 33.4 Å². The lowest BCUT2D eigenvalue weighted by Crippen LogP contribution is -2.33. The van der Waals surface area contributed by atoms with Crippen molar-refractivity contribution in [1.82, 2.24) is 14.9 Å². The Bertz CT molecular complexity index is 2900. The number of phenolic OH excluding ortho intramolecular Hbond substituents is 1. The smallest absolute Gasteiger partial charge is 0.490 e. The Morgan fingerprint density at radius 1 is 0.939 bits per heavy atom. The number of phosphoric acid groups is 3. The summed E-state index contributed by atoms with van der Waals surface area (Å²) in [4.78, 5) is 88.1. The third-order valence-corrected chi connectivity index (χ3v) is 13.8. The van der Waals surface area contributed by atoms with Crippen LogP contribution in [0.5, 0.6) is 5.75 Å². The quantitative estimate of drug-likeness (QED) is 0.0159. The molecule has 0 radical (unpaired) electrons. The summed E-state index contributed by atoms with van der Waals surface area (Å²) in [5, 5.41) is 27.2. The minimum absolute atomic E-state index is 0.0484. The van der Waals surface area contributed by atoms with Crippen molar-refractivity contribution in [3.8, 4) is 28.2 Å². The Morgan fingerprint density at radius 2 is 1.68 bits per heavy atom. The number of nitrogens with one attached hydrogen (secondary N) is 3. The fourth-order valence-electron chi connectivity index (χ4n) is 6.89. The summed E-state index contributed by atoms with van der Waals surface area (Å²) in [6.07, 6.45) is 0.684. The molecule has 2 unspecified atom stereocenters. The van der Waals surface area contributed by atoms with Crippen molar-refractivity contribution in [2.24, 2.45) is 0 Å². The Kier molecular flexibility index (Phi) is 16.3. The molecule has 24 nitrogen and oxygen atoms in total. The van der Waals surface area contributed by atoms with Crippen molar-refractivity contribution in [2.75, 3.05) is 31.9 Å². The molecule has 1 aromatic heterocycles. The number of aromatic amines is 1. The van der Waals surface area contributed by atoms with E-state index in [1.807, 2.05) is 0 Å². The van der Waals surface area contributed by atoms with Crippen molar-refractivity contribution < 1.29 is 80.0 Å². The number of anilines is 1. The molecule has 3 aromatic rings. The summed E-state index contributed by atoms with van der Waals surface area (Å²) in [6.45, 7) is 1.02. The van der Waals surface area contributed by atoms with Crippen LogP contribution in [0.4, 0.5) is 5.69 Å². The van der Waals surface area contributed by atoms with Crippen LogP contribution in [-0.2, 0) is 41.1 Å². The van der Waals surface area contributed by atoms with Gasteiger partial charge in [-0.25, -0.2) is 23.3 Å². The van der Waals surface area contributed by atoms with Gasteiger partial charge in [0.25, 0.3) is 5.56 Å². The molecule has 0 amide bonds. The van der Waals surface area contributed by atoms with E-state index in [0.29, 0.717) is 47.2 Å². The molecule has 356 valence electrons. The number of aromatic carboxylic acids is 1. The maximum absolute atomic E-state index is 12.6. The number of H-pyrrole nitrogens is 1. The summed E-state index contributed by atoms with van der Waals surface area (Å²) >= 11 is 5.45. The standard InChI is InChI=1S/C38H43N4O20P3S/c1-21-18-42(38(48)41-35(21)45)33-17-31(32(60-33)19-58-64(52,53)62-65(54,55)61-63(49,50)51)57-20-56-13-5-3-2-4-12-39-37(66)40-22-6-9-25(28(14-22)36(46)47)34-26-10-7-23(43)15-29(26)59-30-16-24(44)8-11-27(30)34/h6-11,14-16,18,31-33,43H,2-5,12-13,17,19-20H2,1H3,(H,46,47)(H,52,53)(H,54,55)(H2,39,40,66)(H,41,45,48)(H2,49,50,51)/t31-,32+,33+/m0/s1. The van der Waals surface area contributed by atoms with E-state index in [4.69, 9.17) is 45.2 Å². The second-order valence-corrected chi connectivity index (χ2v) is 19.5. The maximum atomic E-state index is 12.6. The summed E-state index contributed by atoms with van der Waals surface area (Å²) in [6, 6.07) is 13.4. The summed E-state index contributed by atoms with van der Waals surface area (Å²) in [7, 11) is -16.9. The van der Waals surface area contributed by atoms with Crippen LogP contribution in [0.2, 0.25) is 0 Å². The molecule has 0 saturated carbocycles. The number of aromatic hydroxyl groups is 1. The molecule has 0 bridgehead atoms. The van der Waals surface area contributed by atoms with Crippen molar-refractivity contribution >= 4 is 63.4 Å². The normalized spacial score (nSPS) is 18.2. The first-order valence-electron chi connectivity index (χ1n) is 19.7. The van der Waals surface area contributed by atoms with Gasteiger partial charge in [0, 0.05) is 65.7 Å². The van der Waals surface area contributed by atoms with Gasteiger partial charge in [-0.3, -0.25) is 23.7 Å². The molecule has 1 saturated heterocycles. The van der Waals surface area contributed by atoms with E-state index < -0.39 is 65.7 Å². The maximum Gasteiger partial charge on any atom is 0.490 e. The lowest BCUT2D eigenvalue weighted by molar-refractivity contribution is -0.118. The SMILES string of the molecule is Cc1cn([C@H]2C[C@H](OCOCCCCCCNC(=S)Nc3ccc(-c4c5ccc(=O)cc-5oc5cc(O)ccc45)c(C(=O)O)c3)[C@@H](COP(=O)(O)OP(=O)(O)OP(=O)(O)O)O2)c(=O)[nH]c1=O. The molecule has 1 aliphatic carbocycles. The molecular formula is C38H43N4O20P3S. The molecule has 3 aliphatic rings. The average Bonchev–Trinajstić information content (AvgIpc) is 3.62. The van der Waals surface area contributed by atoms with Gasteiger partial charge in [0.05, 0.1) is 18.3 Å². The van der Waals surface area contributed by atoms with Gasteiger partial charge in [-0.15, -0.1) is 0 Å². The Labute approximate surface area is 377 Å². The number of phenols is 1. The number of phosphoric ester groups is 1. The van der Waals surface area contributed by atoms with E-state index in [2.05, 4.69) is 24.2 Å². The molecule has 28 heteroatoms. The number of aromatic nitrogens is 2. The molecule has 5 atom stereocenters. The largest absolute Gasteiger partial charge is 0.508 e. The number of thiocarbonyl (C=S) groups is 1. The highest BCUT2D eigenvalue weighted by atomic mass is 32.1. The average molecular weight is 1000 g/mol. The third kappa shape index (κ3) is 13.6. The van der Waals surface area contributed by atoms with Gasteiger partial charge in [-0.1, -0.05) is 18.9 Å². The van der Waals surface area contributed by atoms with Gasteiger partial charge in [-0.2, -0.15) is 8.62 Å². The fraction of sp³-hybridized carbons (Fsp3) is 0.342. The van der Waals surface area contributed by atoms with Gasteiger partial charge in [0.1, 0.15) is 36.2 Å². The first-order valence-corrected chi connectivity index (χ1v) is 24.6. The Morgan fingerprint density at radius 3 is 2.42 bits per heavy atom. The Hall–Kier alpha value is -4.94. The predicted molar refractivity (Wildman–Crippen MR) is 236 cm³/mol. The number of unbranched alkanes of at least 4 members (excludes halogenated alkanes) is 3. The van der Waals surface area contributed by atoms with Crippen molar-refractivity contribution in [3.63, 3.8) is 0 Å². The van der Waals surface area contributed by atoms with E-state index in [9.17, 15) is 52.9 Å². The van der Waals surface area contributed by atoms with Gasteiger partial charge in [0.2, 0.25) is 0 Å². The fourth-order valence-corrected chi connectivity index (χ4v) is 10.1. The monoisotopic (exact) mass is 1000 g/mol. The number of carboxylic acids is 1. The number of carboxylic acid groups (broad SMARTS) is 1. The van der Waals surface area contributed by atoms with Crippen LogP contribution >= 0.6 is 35.7 Å². The number of nitrogens with zero attached hydrogens (tertiary/aromatic N) is 1. The van der Waals surface area contributed by atoms with Crippen molar-refractivity contribution in [1.29, 1.82) is 0 Å². The summed E-state index contributed by atoms with van der Waals surface area (Å²) in [5.41, 5.74) is 0.384. The lowest BCUT2D eigenvalue weighted by Gasteiger charge is -2.21. The van der Waals surface area contributed by atoms with Crippen LogP contribution < -0.4 is 27.3 Å². The molecule has 6 rings (SSSR count). The minimum atomic E-state index is -5.79. The summed E-state index contributed by atoms with van der Waals surface area (Å²) in [5.74, 6) is -1.05. The number of rotatable bonds is 21. The number of hydrogen-bond acceptors (Lipinski definition) is 16. The predicted octanol–water partition coefficient (Wildman–Crippen LogP) is 4.66. The van der Waals surface area contributed by atoms with E-state index in [1.54, 1.807) is 24.3 Å². The van der Waals surface area contributed by atoms with Gasteiger partial charge >= 0.3 is 35.1 Å². The first kappa shape index (κ1) is 50.5. The number of hydrogen-bond donors (Lipinski definition) is 9. The van der Waals surface area contributed by atoms with Gasteiger partial charge < -0.3 is 59.0 Å². The van der Waals surface area contributed by atoms with Crippen LogP contribution in [-0.4, -0.2) is 89.2 Å². The third-order valence-electron chi connectivity index (χ3n) is 9.77. The number of aryl methyl sites for hydroxylation is 1. The molecule has 2 aromatic carbocycles. The highest BCUT2D eigenvalue weighted by Crippen LogP contribution is 2.66.